The SMILES string of the molecule is Nc1ccncc1C1COCCO1. The van der Waals surface area contributed by atoms with E-state index in [-0.39, 0.29) is 6.10 Å². The molecule has 1 saturated heterocycles. The summed E-state index contributed by atoms with van der Waals surface area (Å²) >= 11 is 0. The molecular weight excluding hydrogens is 168 g/mol. The van der Waals surface area contributed by atoms with E-state index in [2.05, 4.69) is 4.98 Å². The van der Waals surface area contributed by atoms with Crippen LogP contribution in [0.3, 0.4) is 0 Å². The molecule has 0 aromatic carbocycles. The van der Waals surface area contributed by atoms with Gasteiger partial charge in [0.15, 0.2) is 0 Å². The van der Waals surface area contributed by atoms with E-state index in [9.17, 15) is 0 Å². The highest BCUT2D eigenvalue weighted by Crippen LogP contribution is 2.24. The average Bonchev–Trinajstić information content (AvgIpc) is 2.20. The van der Waals surface area contributed by atoms with E-state index in [1.165, 1.54) is 0 Å². The Morgan fingerprint density at radius 2 is 2.38 bits per heavy atom. The van der Waals surface area contributed by atoms with Gasteiger partial charge >= 0.3 is 0 Å². The second-order valence-corrected chi connectivity index (χ2v) is 2.94. The maximum Gasteiger partial charge on any atom is 0.109 e. The Balaban J connectivity index is 2.18. The van der Waals surface area contributed by atoms with Crippen LogP contribution in [0.15, 0.2) is 18.5 Å². The van der Waals surface area contributed by atoms with E-state index in [1.54, 1.807) is 18.5 Å². The number of pyridine rings is 1. The fraction of sp³-hybridized carbons (Fsp3) is 0.444. The van der Waals surface area contributed by atoms with Crippen LogP contribution in [0.1, 0.15) is 11.7 Å². The van der Waals surface area contributed by atoms with Crippen molar-refractivity contribution in [3.63, 3.8) is 0 Å². The largest absolute Gasteiger partial charge is 0.398 e. The summed E-state index contributed by atoms with van der Waals surface area (Å²) < 4.78 is 10.8. The van der Waals surface area contributed by atoms with Gasteiger partial charge in [-0.05, 0) is 6.07 Å². The molecule has 13 heavy (non-hydrogen) atoms. The Morgan fingerprint density at radius 1 is 1.46 bits per heavy atom. The van der Waals surface area contributed by atoms with Gasteiger partial charge in [0.1, 0.15) is 6.10 Å². The highest BCUT2D eigenvalue weighted by molar-refractivity contribution is 5.45. The Morgan fingerprint density at radius 3 is 3.08 bits per heavy atom. The van der Waals surface area contributed by atoms with E-state index in [0.717, 1.165) is 5.56 Å². The summed E-state index contributed by atoms with van der Waals surface area (Å²) in [6, 6.07) is 1.77. The van der Waals surface area contributed by atoms with E-state index in [4.69, 9.17) is 15.2 Å². The van der Waals surface area contributed by atoms with Crippen LogP contribution in [0.2, 0.25) is 0 Å². The highest BCUT2D eigenvalue weighted by atomic mass is 16.6. The van der Waals surface area contributed by atoms with Gasteiger partial charge in [-0.1, -0.05) is 0 Å². The molecule has 0 aliphatic carbocycles. The second-order valence-electron chi connectivity index (χ2n) is 2.94. The second kappa shape index (κ2) is 3.72. The van der Waals surface area contributed by atoms with Crippen molar-refractivity contribution in [1.82, 2.24) is 4.98 Å². The summed E-state index contributed by atoms with van der Waals surface area (Å²) in [5, 5.41) is 0. The number of hydrogen-bond donors (Lipinski definition) is 1. The van der Waals surface area contributed by atoms with Crippen molar-refractivity contribution in [2.45, 2.75) is 6.10 Å². The lowest BCUT2D eigenvalue weighted by Crippen LogP contribution is -2.22. The third kappa shape index (κ3) is 1.79. The topological polar surface area (TPSA) is 57.4 Å². The minimum absolute atomic E-state index is 0.0533. The maximum absolute atomic E-state index is 5.78. The van der Waals surface area contributed by atoms with Gasteiger partial charge in [-0.15, -0.1) is 0 Å². The van der Waals surface area contributed by atoms with Crippen LogP contribution in [0, 0.1) is 0 Å². The smallest absolute Gasteiger partial charge is 0.109 e. The van der Waals surface area contributed by atoms with Crippen molar-refractivity contribution < 1.29 is 9.47 Å². The predicted octanol–water partition coefficient (Wildman–Crippen LogP) is 0.752. The third-order valence-corrected chi connectivity index (χ3v) is 2.05. The molecule has 0 radical (unpaired) electrons. The lowest BCUT2D eigenvalue weighted by Gasteiger charge is -2.23. The minimum Gasteiger partial charge on any atom is -0.398 e. The molecule has 70 valence electrons. The van der Waals surface area contributed by atoms with Crippen molar-refractivity contribution >= 4 is 5.69 Å². The number of aromatic nitrogens is 1. The fourth-order valence-electron chi connectivity index (χ4n) is 1.35. The minimum atomic E-state index is -0.0533. The first-order valence-electron chi connectivity index (χ1n) is 4.26. The fourth-order valence-corrected chi connectivity index (χ4v) is 1.35. The molecule has 2 rings (SSSR count). The van der Waals surface area contributed by atoms with Crippen molar-refractivity contribution in [1.29, 1.82) is 0 Å². The zero-order chi connectivity index (χ0) is 9.10. The highest BCUT2D eigenvalue weighted by Gasteiger charge is 2.18. The molecular formula is C9H12N2O2. The van der Waals surface area contributed by atoms with Crippen LogP contribution in [0.25, 0.3) is 0 Å². The number of anilines is 1. The standard InChI is InChI=1S/C9H12N2O2/c10-8-1-2-11-5-7(8)9-6-12-3-4-13-9/h1-2,5,9H,3-4,6H2,(H2,10,11). The molecule has 1 atom stereocenters. The van der Waals surface area contributed by atoms with Gasteiger partial charge in [-0.25, -0.2) is 0 Å². The summed E-state index contributed by atoms with van der Waals surface area (Å²) in [7, 11) is 0. The van der Waals surface area contributed by atoms with Gasteiger partial charge in [0.25, 0.3) is 0 Å². The van der Waals surface area contributed by atoms with Crippen LogP contribution < -0.4 is 5.73 Å². The molecule has 0 spiro atoms. The summed E-state index contributed by atoms with van der Waals surface area (Å²) in [4.78, 5) is 4.01. The normalized spacial score (nSPS) is 22.9. The first-order valence-corrected chi connectivity index (χ1v) is 4.26. The van der Waals surface area contributed by atoms with Gasteiger partial charge in [0.2, 0.25) is 0 Å². The van der Waals surface area contributed by atoms with Crippen LogP contribution in [0.5, 0.6) is 0 Å². The summed E-state index contributed by atoms with van der Waals surface area (Å²) in [6.07, 6.45) is 3.35. The molecule has 2 N–H and O–H groups in total. The maximum atomic E-state index is 5.78. The van der Waals surface area contributed by atoms with Gasteiger partial charge < -0.3 is 15.2 Å². The molecule has 4 heteroatoms. The number of ether oxygens (including phenoxy) is 2. The Kier molecular flexibility index (Phi) is 2.42. The third-order valence-electron chi connectivity index (χ3n) is 2.05. The van der Waals surface area contributed by atoms with Crippen molar-refractivity contribution in [2.75, 3.05) is 25.6 Å². The van der Waals surface area contributed by atoms with Gasteiger partial charge in [-0.3, -0.25) is 4.98 Å². The average molecular weight is 180 g/mol. The van der Waals surface area contributed by atoms with E-state index in [0.29, 0.717) is 25.5 Å². The zero-order valence-corrected chi connectivity index (χ0v) is 7.27. The first-order chi connectivity index (χ1) is 6.38. The number of nitrogens with zero attached hydrogens (tertiary/aromatic N) is 1. The van der Waals surface area contributed by atoms with Gasteiger partial charge in [0, 0.05) is 23.6 Å². The number of nitrogen functional groups attached to an aromatic ring is 1. The van der Waals surface area contributed by atoms with E-state index >= 15 is 0 Å². The quantitative estimate of drug-likeness (QED) is 0.693. The molecule has 4 nitrogen and oxygen atoms in total. The van der Waals surface area contributed by atoms with E-state index < -0.39 is 0 Å². The van der Waals surface area contributed by atoms with Gasteiger partial charge in [0.05, 0.1) is 19.8 Å². The number of rotatable bonds is 1. The molecule has 1 aromatic heterocycles. The van der Waals surface area contributed by atoms with Crippen LogP contribution in [0.4, 0.5) is 5.69 Å². The van der Waals surface area contributed by atoms with Gasteiger partial charge in [-0.2, -0.15) is 0 Å². The van der Waals surface area contributed by atoms with Crippen molar-refractivity contribution in [3.05, 3.63) is 24.0 Å². The molecule has 2 heterocycles. The number of nitrogens with two attached hydrogens (primary N) is 1. The number of hydrogen-bond acceptors (Lipinski definition) is 4. The molecule has 1 aliphatic heterocycles. The lowest BCUT2D eigenvalue weighted by molar-refractivity contribution is -0.0899. The Bertz CT molecular complexity index is 285. The molecule has 1 fully saturated rings. The van der Waals surface area contributed by atoms with Crippen molar-refractivity contribution in [2.24, 2.45) is 0 Å². The van der Waals surface area contributed by atoms with E-state index in [1.807, 2.05) is 0 Å². The molecule has 1 aromatic rings. The Hall–Kier alpha value is -1.13. The van der Waals surface area contributed by atoms with Crippen LogP contribution in [-0.4, -0.2) is 24.8 Å². The monoisotopic (exact) mass is 180 g/mol. The molecule has 0 amide bonds. The first kappa shape index (κ1) is 8.47. The molecule has 0 saturated carbocycles. The lowest BCUT2D eigenvalue weighted by atomic mass is 10.1. The summed E-state index contributed by atoms with van der Waals surface area (Å²) in [6.45, 7) is 1.85. The molecule has 1 aliphatic rings. The predicted molar refractivity (Wildman–Crippen MR) is 48.2 cm³/mol. The van der Waals surface area contributed by atoms with Crippen molar-refractivity contribution in [3.8, 4) is 0 Å². The van der Waals surface area contributed by atoms with Crippen LogP contribution >= 0.6 is 0 Å². The molecule has 1 unspecified atom stereocenters. The molecule has 0 bridgehead atoms. The Labute approximate surface area is 76.7 Å². The summed E-state index contributed by atoms with van der Waals surface area (Å²) in [5.74, 6) is 0. The summed E-state index contributed by atoms with van der Waals surface area (Å²) in [5.41, 5.74) is 7.41. The zero-order valence-electron chi connectivity index (χ0n) is 7.27. The van der Waals surface area contributed by atoms with Crippen LogP contribution in [-0.2, 0) is 9.47 Å².